The van der Waals surface area contributed by atoms with Gasteiger partial charge in [0.2, 0.25) is 5.78 Å². The lowest BCUT2D eigenvalue weighted by atomic mass is 10.1. The van der Waals surface area contributed by atoms with Crippen molar-refractivity contribution in [3.05, 3.63) is 46.5 Å². The molecule has 128 valence electrons. The Balaban J connectivity index is 2.19. The van der Waals surface area contributed by atoms with Crippen LogP contribution in [0.4, 0.5) is 0 Å². The molecule has 7 nitrogen and oxygen atoms in total. The van der Waals surface area contributed by atoms with Crippen molar-refractivity contribution < 1.29 is 23.9 Å². The molecule has 0 fully saturated rings. The summed E-state index contributed by atoms with van der Waals surface area (Å²) in [5, 5.41) is 0. The molecule has 0 bridgehead atoms. The molecule has 0 spiro atoms. The number of H-pyrrole nitrogens is 2. The molecular weight excluding hydrogens is 312 g/mol. The number of carbonyl (C=O) groups is 3. The topological polar surface area (TPSA) is 101 Å². The molecule has 0 saturated heterocycles. The molecular formula is C17H20N2O5. The van der Waals surface area contributed by atoms with Crippen molar-refractivity contribution in [1.82, 2.24) is 9.97 Å². The number of hydrogen-bond acceptors (Lipinski definition) is 5. The second kappa shape index (κ2) is 7.16. The second-order valence-electron chi connectivity index (χ2n) is 5.34. The quantitative estimate of drug-likeness (QED) is 0.625. The van der Waals surface area contributed by atoms with Crippen molar-refractivity contribution in [1.29, 1.82) is 0 Å². The first-order chi connectivity index (χ1) is 11.4. The summed E-state index contributed by atoms with van der Waals surface area (Å²) in [5.74, 6) is -1.52. The zero-order chi connectivity index (χ0) is 17.9. The Hall–Kier alpha value is -2.83. The van der Waals surface area contributed by atoms with Gasteiger partial charge < -0.3 is 19.4 Å². The molecule has 2 heterocycles. The van der Waals surface area contributed by atoms with Crippen LogP contribution >= 0.6 is 0 Å². The molecule has 0 aliphatic heterocycles. The summed E-state index contributed by atoms with van der Waals surface area (Å²) in [6.07, 6.45) is 0.597. The summed E-state index contributed by atoms with van der Waals surface area (Å²) >= 11 is 0. The van der Waals surface area contributed by atoms with E-state index in [2.05, 4.69) is 9.97 Å². The predicted molar refractivity (Wildman–Crippen MR) is 86.2 cm³/mol. The number of aryl methyl sites for hydroxylation is 1. The summed E-state index contributed by atoms with van der Waals surface area (Å²) in [7, 11) is 0. The lowest BCUT2D eigenvalue weighted by molar-refractivity contribution is 0.0311. The van der Waals surface area contributed by atoms with E-state index in [1.165, 1.54) is 6.92 Å². The Morgan fingerprint density at radius 2 is 1.92 bits per heavy atom. The van der Waals surface area contributed by atoms with Crippen LogP contribution in [0.1, 0.15) is 56.4 Å². The number of carbonyl (C=O) groups excluding carboxylic acids is 3. The van der Waals surface area contributed by atoms with Crippen molar-refractivity contribution in [2.24, 2.45) is 0 Å². The van der Waals surface area contributed by atoms with Crippen LogP contribution in [0.5, 0.6) is 0 Å². The SMILES string of the molecule is CCOC(=O)c1c(C)[nH]c(C(=O)[C@H](C)OC(=O)c2ccc[nH]2)c1C. The summed E-state index contributed by atoms with van der Waals surface area (Å²) in [4.78, 5) is 42.1. The fraction of sp³-hybridized carbons (Fsp3) is 0.353. The van der Waals surface area contributed by atoms with Gasteiger partial charge in [0.1, 0.15) is 5.69 Å². The van der Waals surface area contributed by atoms with E-state index >= 15 is 0 Å². The van der Waals surface area contributed by atoms with Gasteiger partial charge in [0.05, 0.1) is 17.9 Å². The molecule has 2 rings (SSSR count). The number of rotatable bonds is 6. The van der Waals surface area contributed by atoms with Crippen LogP contribution in [-0.4, -0.2) is 40.4 Å². The third-order valence-corrected chi connectivity index (χ3v) is 3.63. The molecule has 2 aromatic heterocycles. The van der Waals surface area contributed by atoms with Crippen LogP contribution in [0.25, 0.3) is 0 Å². The molecule has 0 aliphatic rings. The molecule has 0 aromatic carbocycles. The van der Waals surface area contributed by atoms with Gasteiger partial charge in [-0.05, 0) is 45.4 Å². The van der Waals surface area contributed by atoms with Crippen LogP contribution in [0.2, 0.25) is 0 Å². The minimum atomic E-state index is -0.993. The van der Waals surface area contributed by atoms with E-state index in [4.69, 9.17) is 9.47 Å². The number of hydrogen-bond donors (Lipinski definition) is 2. The minimum Gasteiger partial charge on any atom is -0.462 e. The molecule has 0 aliphatic carbocycles. The maximum absolute atomic E-state index is 12.5. The van der Waals surface area contributed by atoms with Gasteiger partial charge >= 0.3 is 11.9 Å². The van der Waals surface area contributed by atoms with E-state index in [-0.39, 0.29) is 18.0 Å². The number of esters is 2. The highest BCUT2D eigenvalue weighted by molar-refractivity contribution is 6.04. The van der Waals surface area contributed by atoms with Gasteiger partial charge in [0, 0.05) is 11.9 Å². The Kier molecular flexibility index (Phi) is 5.23. The minimum absolute atomic E-state index is 0.238. The van der Waals surface area contributed by atoms with Gasteiger partial charge in [0.25, 0.3) is 0 Å². The average Bonchev–Trinajstić information content (AvgIpc) is 3.15. The highest BCUT2D eigenvalue weighted by Crippen LogP contribution is 2.21. The predicted octanol–water partition coefficient (Wildman–Crippen LogP) is 2.56. The van der Waals surface area contributed by atoms with Gasteiger partial charge in [-0.25, -0.2) is 9.59 Å². The summed E-state index contributed by atoms with van der Waals surface area (Å²) < 4.78 is 10.2. The lowest BCUT2D eigenvalue weighted by Crippen LogP contribution is -2.25. The molecule has 0 amide bonds. The number of ether oxygens (including phenoxy) is 2. The van der Waals surface area contributed by atoms with E-state index in [1.54, 1.807) is 39.1 Å². The van der Waals surface area contributed by atoms with Crippen LogP contribution < -0.4 is 0 Å². The number of aromatic amines is 2. The standard InChI is InChI=1S/C17H20N2O5/c1-5-23-17(22)13-9(2)14(19-10(13)3)15(20)11(4)24-16(21)12-7-6-8-18-12/h6-8,11,18-19H,5H2,1-4H3/t11-/m0/s1. The third kappa shape index (κ3) is 3.40. The molecule has 1 atom stereocenters. The van der Waals surface area contributed by atoms with Gasteiger partial charge in [-0.15, -0.1) is 0 Å². The van der Waals surface area contributed by atoms with Gasteiger partial charge in [-0.1, -0.05) is 0 Å². The molecule has 0 radical (unpaired) electrons. The Bertz CT molecular complexity index is 758. The molecule has 2 N–H and O–H groups in total. The largest absolute Gasteiger partial charge is 0.462 e. The first-order valence-electron chi connectivity index (χ1n) is 7.61. The lowest BCUT2D eigenvalue weighted by Gasteiger charge is -2.11. The van der Waals surface area contributed by atoms with Crippen LogP contribution in [0.3, 0.4) is 0 Å². The monoisotopic (exact) mass is 332 g/mol. The van der Waals surface area contributed by atoms with Crippen LogP contribution in [0.15, 0.2) is 18.3 Å². The van der Waals surface area contributed by atoms with Crippen molar-refractivity contribution in [2.45, 2.75) is 33.8 Å². The van der Waals surface area contributed by atoms with Gasteiger partial charge in [-0.2, -0.15) is 0 Å². The van der Waals surface area contributed by atoms with Crippen molar-refractivity contribution in [3.63, 3.8) is 0 Å². The van der Waals surface area contributed by atoms with Gasteiger partial charge in [-0.3, -0.25) is 4.79 Å². The highest BCUT2D eigenvalue weighted by Gasteiger charge is 2.27. The second-order valence-corrected chi connectivity index (χ2v) is 5.34. The molecule has 7 heteroatoms. The number of Topliss-reactive ketones (excluding diaryl/α,β-unsaturated/α-hetero) is 1. The maximum Gasteiger partial charge on any atom is 0.355 e. The Labute approximate surface area is 139 Å². The summed E-state index contributed by atoms with van der Waals surface area (Å²) in [5.41, 5.74) is 1.86. The van der Waals surface area contributed by atoms with Crippen LogP contribution in [-0.2, 0) is 9.47 Å². The summed E-state index contributed by atoms with van der Waals surface area (Å²) in [6.45, 7) is 6.79. The maximum atomic E-state index is 12.5. The van der Waals surface area contributed by atoms with E-state index < -0.39 is 23.8 Å². The number of ketones is 1. The number of nitrogens with one attached hydrogen (secondary N) is 2. The van der Waals surface area contributed by atoms with Crippen LogP contribution in [0, 0.1) is 13.8 Å². The van der Waals surface area contributed by atoms with Crippen molar-refractivity contribution >= 4 is 17.7 Å². The van der Waals surface area contributed by atoms with E-state index in [0.29, 0.717) is 16.8 Å². The van der Waals surface area contributed by atoms with E-state index in [0.717, 1.165) is 0 Å². The Morgan fingerprint density at radius 1 is 1.21 bits per heavy atom. The third-order valence-electron chi connectivity index (χ3n) is 3.63. The smallest absolute Gasteiger partial charge is 0.355 e. The highest BCUT2D eigenvalue weighted by atomic mass is 16.5. The van der Waals surface area contributed by atoms with Crippen molar-refractivity contribution in [3.8, 4) is 0 Å². The molecule has 0 saturated carbocycles. The molecule has 24 heavy (non-hydrogen) atoms. The van der Waals surface area contributed by atoms with E-state index in [9.17, 15) is 14.4 Å². The summed E-state index contributed by atoms with van der Waals surface area (Å²) in [6, 6.07) is 3.22. The molecule has 0 unspecified atom stereocenters. The zero-order valence-corrected chi connectivity index (χ0v) is 14.1. The normalized spacial score (nSPS) is 11.8. The zero-order valence-electron chi connectivity index (χ0n) is 14.1. The van der Waals surface area contributed by atoms with E-state index in [1.807, 2.05) is 0 Å². The first-order valence-corrected chi connectivity index (χ1v) is 7.61. The Morgan fingerprint density at radius 3 is 2.50 bits per heavy atom. The first kappa shape index (κ1) is 17.5. The van der Waals surface area contributed by atoms with Gasteiger partial charge in [0.15, 0.2) is 6.10 Å². The fourth-order valence-corrected chi connectivity index (χ4v) is 2.44. The number of aromatic nitrogens is 2. The fourth-order valence-electron chi connectivity index (χ4n) is 2.44. The molecule has 2 aromatic rings. The average molecular weight is 332 g/mol. The van der Waals surface area contributed by atoms with Crippen molar-refractivity contribution in [2.75, 3.05) is 6.61 Å².